The molecule has 272 valence electrons. The maximum atomic E-state index is 2.40. The van der Waals surface area contributed by atoms with E-state index in [2.05, 4.69) is 228 Å². The molecule has 0 atom stereocenters. The Labute approximate surface area is 337 Å². The smallest absolute Gasteiger partial charge is 0.0541 e. The first-order valence-electron chi connectivity index (χ1n) is 20.3. The van der Waals surface area contributed by atoms with E-state index in [9.17, 15) is 0 Å². The molecule has 58 heavy (non-hydrogen) atoms. The number of hydrogen-bond acceptors (Lipinski definition) is 0. The van der Waals surface area contributed by atoms with Crippen LogP contribution < -0.4 is 0 Å². The average molecular weight is 739 g/mol. The number of hydrogen-bond donors (Lipinski definition) is 0. The lowest BCUT2D eigenvalue weighted by Crippen LogP contribution is -2.06. The lowest BCUT2D eigenvalue weighted by atomic mass is 9.83. The van der Waals surface area contributed by atoms with Crippen molar-refractivity contribution in [3.05, 3.63) is 252 Å². The third-order valence-corrected chi connectivity index (χ3v) is 12.6. The zero-order valence-electron chi connectivity index (χ0n) is 31.8. The second kappa shape index (κ2) is 13.1. The molecule has 12 rings (SSSR count). The van der Waals surface area contributed by atoms with Crippen molar-refractivity contribution in [1.82, 2.24) is 9.13 Å². The quantitative estimate of drug-likeness (QED) is 0.150. The Hall–Kier alpha value is -7.42. The molecule has 0 saturated heterocycles. The highest BCUT2D eigenvalue weighted by Crippen LogP contribution is 2.48. The van der Waals surface area contributed by atoms with Crippen LogP contribution in [0.4, 0.5) is 0 Å². The van der Waals surface area contributed by atoms with E-state index in [-0.39, 0.29) is 11.8 Å². The molecule has 0 unspecified atom stereocenters. The van der Waals surface area contributed by atoms with Gasteiger partial charge in [0.05, 0.1) is 22.1 Å². The molecule has 11 aromatic rings. The molecule has 1 aliphatic rings. The molecular weight excluding hydrogens is 701 g/mol. The first kappa shape index (κ1) is 32.8. The van der Waals surface area contributed by atoms with Crippen LogP contribution in [0.25, 0.3) is 66.1 Å². The average Bonchev–Trinajstić information content (AvgIpc) is 3.93. The van der Waals surface area contributed by atoms with Crippen molar-refractivity contribution in [2.75, 3.05) is 0 Å². The fourth-order valence-corrected chi connectivity index (χ4v) is 10.0. The summed E-state index contributed by atoms with van der Waals surface area (Å²) in [6.07, 6.45) is 0. The summed E-state index contributed by atoms with van der Waals surface area (Å²) in [6, 6.07) is 80.7. The summed E-state index contributed by atoms with van der Waals surface area (Å²) in [5.74, 6) is 0.257. The van der Waals surface area contributed by atoms with Crippen LogP contribution in [0.2, 0.25) is 0 Å². The maximum absolute atomic E-state index is 2.40. The summed E-state index contributed by atoms with van der Waals surface area (Å²) >= 11 is 0. The van der Waals surface area contributed by atoms with Crippen LogP contribution in [-0.2, 0) is 0 Å². The maximum Gasteiger partial charge on any atom is 0.0541 e. The lowest BCUT2D eigenvalue weighted by molar-refractivity contribution is 0.959. The standard InChI is InChI=1S/C56H38N2/c1-3-19-49-43(13-1)44-14-2-4-20-50(44)56(49)40-27-25-37(26-28-40)55(38-29-33-41(34-30-38)57-51-21-9-5-15-45(51)46-16-6-10-22-52(46)57)39-31-35-42(36-32-39)58-53-23-11-7-17-47(53)48-18-8-12-24-54(48)58/h1-36,55-56H. The molecule has 2 heteroatoms. The van der Waals surface area contributed by atoms with Gasteiger partial charge in [0, 0.05) is 44.8 Å². The molecule has 2 heterocycles. The number of para-hydroxylation sites is 4. The van der Waals surface area contributed by atoms with Crippen LogP contribution in [0.1, 0.15) is 45.2 Å². The van der Waals surface area contributed by atoms with Crippen molar-refractivity contribution in [2.24, 2.45) is 0 Å². The highest BCUT2D eigenvalue weighted by atomic mass is 15.0. The van der Waals surface area contributed by atoms with E-state index in [1.807, 2.05) is 0 Å². The Morgan fingerprint density at radius 1 is 0.293 bits per heavy atom. The van der Waals surface area contributed by atoms with Gasteiger partial charge in [-0.15, -0.1) is 0 Å². The number of nitrogens with zero attached hydrogens (tertiary/aromatic N) is 2. The zero-order valence-corrected chi connectivity index (χ0v) is 31.8. The predicted molar refractivity (Wildman–Crippen MR) is 242 cm³/mol. The van der Waals surface area contributed by atoms with E-state index in [1.54, 1.807) is 0 Å². The molecule has 0 bridgehead atoms. The normalized spacial score (nSPS) is 12.6. The third-order valence-electron chi connectivity index (χ3n) is 12.6. The second-order valence-corrected chi connectivity index (χ2v) is 15.6. The Morgan fingerprint density at radius 2 is 0.603 bits per heavy atom. The largest absolute Gasteiger partial charge is 0.309 e. The minimum Gasteiger partial charge on any atom is -0.309 e. The monoisotopic (exact) mass is 738 g/mol. The van der Waals surface area contributed by atoms with Crippen LogP contribution in [0.3, 0.4) is 0 Å². The van der Waals surface area contributed by atoms with Gasteiger partial charge < -0.3 is 9.13 Å². The van der Waals surface area contributed by atoms with Crippen LogP contribution in [0.15, 0.2) is 218 Å². The van der Waals surface area contributed by atoms with Gasteiger partial charge in [0.15, 0.2) is 0 Å². The van der Waals surface area contributed by atoms with Crippen molar-refractivity contribution in [3.63, 3.8) is 0 Å². The van der Waals surface area contributed by atoms with E-state index in [4.69, 9.17) is 0 Å². The van der Waals surface area contributed by atoms with E-state index < -0.39 is 0 Å². The van der Waals surface area contributed by atoms with Gasteiger partial charge in [0.1, 0.15) is 0 Å². The van der Waals surface area contributed by atoms with Crippen molar-refractivity contribution >= 4 is 43.6 Å². The summed E-state index contributed by atoms with van der Waals surface area (Å²) < 4.78 is 4.80. The molecule has 2 nitrogen and oxygen atoms in total. The van der Waals surface area contributed by atoms with Gasteiger partial charge in [-0.05, 0) is 93.0 Å². The Balaban J connectivity index is 0.980. The number of rotatable bonds is 6. The topological polar surface area (TPSA) is 9.86 Å². The molecule has 0 radical (unpaired) electrons. The van der Waals surface area contributed by atoms with Crippen LogP contribution >= 0.6 is 0 Å². The van der Waals surface area contributed by atoms with Crippen molar-refractivity contribution in [3.8, 4) is 22.5 Å². The number of aromatic nitrogens is 2. The summed E-state index contributed by atoms with van der Waals surface area (Å²) in [5.41, 5.74) is 17.8. The first-order chi connectivity index (χ1) is 28.8. The summed E-state index contributed by atoms with van der Waals surface area (Å²) in [7, 11) is 0. The van der Waals surface area contributed by atoms with E-state index >= 15 is 0 Å². The molecule has 0 fully saturated rings. The Bertz CT molecular complexity index is 3020. The zero-order chi connectivity index (χ0) is 38.2. The summed E-state index contributed by atoms with van der Waals surface area (Å²) in [6.45, 7) is 0. The highest BCUT2D eigenvalue weighted by Gasteiger charge is 2.29. The van der Waals surface area contributed by atoms with Gasteiger partial charge in [0.25, 0.3) is 0 Å². The van der Waals surface area contributed by atoms with Crippen LogP contribution in [0.5, 0.6) is 0 Å². The van der Waals surface area contributed by atoms with Crippen molar-refractivity contribution < 1.29 is 0 Å². The van der Waals surface area contributed by atoms with E-state index in [0.717, 1.165) is 11.4 Å². The fraction of sp³-hybridized carbons (Fsp3) is 0.0357. The van der Waals surface area contributed by atoms with E-state index in [0.29, 0.717) is 0 Å². The Kier molecular flexibility index (Phi) is 7.39. The molecule has 2 aromatic heterocycles. The molecule has 9 aromatic carbocycles. The van der Waals surface area contributed by atoms with Gasteiger partial charge in [0.2, 0.25) is 0 Å². The molecule has 0 amide bonds. The highest BCUT2D eigenvalue weighted by molar-refractivity contribution is 6.10. The molecule has 0 aliphatic heterocycles. The molecule has 0 saturated carbocycles. The minimum atomic E-state index is 0.0385. The lowest BCUT2D eigenvalue weighted by Gasteiger charge is -2.22. The van der Waals surface area contributed by atoms with Gasteiger partial charge in [-0.1, -0.05) is 170 Å². The molecule has 1 aliphatic carbocycles. The third kappa shape index (κ3) is 4.98. The van der Waals surface area contributed by atoms with Crippen LogP contribution in [-0.4, -0.2) is 9.13 Å². The van der Waals surface area contributed by atoms with Gasteiger partial charge in [-0.2, -0.15) is 0 Å². The second-order valence-electron chi connectivity index (χ2n) is 15.6. The molecular formula is C56H38N2. The molecule has 0 N–H and O–H groups in total. The summed E-state index contributed by atoms with van der Waals surface area (Å²) in [5, 5.41) is 5.10. The summed E-state index contributed by atoms with van der Waals surface area (Å²) in [4.78, 5) is 0. The fourth-order valence-electron chi connectivity index (χ4n) is 10.0. The minimum absolute atomic E-state index is 0.0385. The SMILES string of the molecule is c1ccc2c(c1)-c1ccccc1C2c1ccc(C(c2ccc(-n3c4ccccc4c4ccccc43)cc2)c2ccc(-n3c4ccccc4c4ccccc43)cc2)cc1. The molecule has 0 spiro atoms. The number of fused-ring (bicyclic) bond motifs is 9. The van der Waals surface area contributed by atoms with Gasteiger partial charge in [-0.3, -0.25) is 0 Å². The number of benzene rings is 9. The predicted octanol–water partition coefficient (Wildman–Crippen LogP) is 14.2. The Morgan fingerprint density at radius 3 is 0.983 bits per heavy atom. The van der Waals surface area contributed by atoms with Gasteiger partial charge >= 0.3 is 0 Å². The van der Waals surface area contributed by atoms with Gasteiger partial charge in [-0.25, -0.2) is 0 Å². The van der Waals surface area contributed by atoms with Crippen LogP contribution in [0, 0.1) is 0 Å². The van der Waals surface area contributed by atoms with Crippen molar-refractivity contribution in [1.29, 1.82) is 0 Å². The van der Waals surface area contributed by atoms with Crippen molar-refractivity contribution in [2.45, 2.75) is 11.8 Å². The first-order valence-corrected chi connectivity index (χ1v) is 20.3. The van der Waals surface area contributed by atoms with E-state index in [1.165, 1.54) is 88.1 Å².